The first-order valence-corrected chi connectivity index (χ1v) is 7.08. The third kappa shape index (κ3) is 4.55. The molecule has 0 unspecified atom stereocenters. The summed E-state index contributed by atoms with van der Waals surface area (Å²) in [6.07, 6.45) is -0.529. The van der Waals surface area contributed by atoms with Crippen molar-refractivity contribution in [2.45, 2.75) is 26.4 Å². The molecule has 1 amide bonds. The van der Waals surface area contributed by atoms with E-state index in [1.165, 1.54) is 12.1 Å². The third-order valence-corrected chi connectivity index (χ3v) is 2.95. The smallest absolute Gasteiger partial charge is 0.412 e. The van der Waals surface area contributed by atoms with Crippen LogP contribution >= 0.6 is 0 Å². The Bertz CT molecular complexity index is 756. The van der Waals surface area contributed by atoms with E-state index in [2.05, 4.69) is 5.32 Å². The van der Waals surface area contributed by atoms with E-state index < -0.39 is 17.5 Å². The minimum atomic E-state index is -0.564. The summed E-state index contributed by atoms with van der Waals surface area (Å²) < 4.78 is 18.5. The summed E-state index contributed by atoms with van der Waals surface area (Å²) in [5.74, 6) is -0.542. The van der Waals surface area contributed by atoms with Crippen molar-refractivity contribution in [1.29, 1.82) is 5.26 Å². The Hall–Kier alpha value is -2.87. The SMILES string of the molecule is CC(C)(C)OC(=O)Nc1ccc(-c2ccc(F)c(C#N)c2)cc1. The first-order chi connectivity index (χ1) is 10.8. The van der Waals surface area contributed by atoms with Crippen molar-refractivity contribution in [3.63, 3.8) is 0 Å². The maximum absolute atomic E-state index is 13.3. The normalized spacial score (nSPS) is 10.7. The third-order valence-electron chi connectivity index (χ3n) is 2.95. The van der Waals surface area contributed by atoms with E-state index in [9.17, 15) is 9.18 Å². The van der Waals surface area contributed by atoms with E-state index in [1.54, 1.807) is 51.1 Å². The largest absolute Gasteiger partial charge is 0.444 e. The Morgan fingerprint density at radius 3 is 2.30 bits per heavy atom. The van der Waals surface area contributed by atoms with Crippen LogP contribution in [0.1, 0.15) is 26.3 Å². The van der Waals surface area contributed by atoms with Gasteiger partial charge in [0, 0.05) is 5.69 Å². The highest BCUT2D eigenvalue weighted by molar-refractivity contribution is 5.85. The molecule has 118 valence electrons. The molecule has 0 fully saturated rings. The van der Waals surface area contributed by atoms with Crippen LogP contribution < -0.4 is 5.32 Å². The van der Waals surface area contributed by atoms with Crippen LogP contribution in [0, 0.1) is 17.1 Å². The lowest BCUT2D eigenvalue weighted by atomic mass is 10.0. The van der Waals surface area contributed by atoms with Crippen molar-refractivity contribution in [2.24, 2.45) is 0 Å². The van der Waals surface area contributed by atoms with Gasteiger partial charge in [-0.25, -0.2) is 9.18 Å². The van der Waals surface area contributed by atoms with Gasteiger partial charge in [-0.3, -0.25) is 5.32 Å². The number of nitrogens with one attached hydrogen (secondary N) is 1. The first kappa shape index (κ1) is 16.5. The molecule has 4 nitrogen and oxygen atoms in total. The summed E-state index contributed by atoms with van der Waals surface area (Å²) in [5.41, 5.74) is 1.57. The summed E-state index contributed by atoms with van der Waals surface area (Å²) in [4.78, 5) is 11.7. The molecular weight excluding hydrogens is 295 g/mol. The van der Waals surface area contributed by atoms with Crippen LogP contribution in [0.5, 0.6) is 0 Å². The molecule has 2 aromatic rings. The van der Waals surface area contributed by atoms with Gasteiger partial charge in [-0.2, -0.15) is 5.26 Å². The lowest BCUT2D eigenvalue weighted by molar-refractivity contribution is 0.0636. The maximum atomic E-state index is 13.3. The van der Waals surface area contributed by atoms with Gasteiger partial charge in [-0.1, -0.05) is 18.2 Å². The van der Waals surface area contributed by atoms with Crippen molar-refractivity contribution in [2.75, 3.05) is 5.32 Å². The Morgan fingerprint density at radius 2 is 1.74 bits per heavy atom. The van der Waals surface area contributed by atoms with Gasteiger partial charge in [-0.05, 0) is 56.2 Å². The highest BCUT2D eigenvalue weighted by Gasteiger charge is 2.16. The lowest BCUT2D eigenvalue weighted by Gasteiger charge is -2.19. The molecule has 0 aromatic heterocycles. The number of nitriles is 1. The van der Waals surface area contributed by atoms with Crippen LogP contribution in [0.3, 0.4) is 0 Å². The molecule has 0 bridgehead atoms. The molecule has 0 saturated carbocycles. The number of hydrogen-bond donors (Lipinski definition) is 1. The van der Waals surface area contributed by atoms with Gasteiger partial charge in [0.15, 0.2) is 0 Å². The second-order valence-electron chi connectivity index (χ2n) is 6.01. The van der Waals surface area contributed by atoms with Gasteiger partial charge >= 0.3 is 6.09 Å². The number of amides is 1. The van der Waals surface area contributed by atoms with Crippen LogP contribution in [-0.4, -0.2) is 11.7 Å². The molecule has 0 saturated heterocycles. The van der Waals surface area contributed by atoms with Gasteiger partial charge in [0.1, 0.15) is 17.5 Å². The number of benzene rings is 2. The zero-order valence-electron chi connectivity index (χ0n) is 13.2. The standard InChI is InChI=1S/C18H17FN2O2/c1-18(2,3)23-17(22)21-15-7-4-12(5-8-15)13-6-9-16(19)14(10-13)11-20/h4-10H,1-3H3,(H,21,22). The number of carbonyl (C=O) groups is 1. The Morgan fingerprint density at radius 1 is 1.13 bits per heavy atom. The maximum Gasteiger partial charge on any atom is 0.412 e. The predicted octanol–water partition coefficient (Wildman–Crippen LogP) is 4.71. The molecule has 0 heterocycles. The molecular formula is C18H17FN2O2. The van der Waals surface area contributed by atoms with E-state index in [1.807, 2.05) is 6.07 Å². The summed E-state index contributed by atoms with van der Waals surface area (Å²) in [6, 6.07) is 13.2. The van der Waals surface area contributed by atoms with Crippen LogP contribution in [0.15, 0.2) is 42.5 Å². The summed E-state index contributed by atoms with van der Waals surface area (Å²) in [7, 11) is 0. The minimum absolute atomic E-state index is 0.00143. The molecule has 0 radical (unpaired) electrons. The Balaban J connectivity index is 2.14. The van der Waals surface area contributed by atoms with E-state index in [0.717, 1.165) is 11.1 Å². The van der Waals surface area contributed by atoms with E-state index in [4.69, 9.17) is 10.00 Å². The molecule has 23 heavy (non-hydrogen) atoms. The van der Waals surface area contributed by atoms with Crippen molar-refractivity contribution in [1.82, 2.24) is 0 Å². The first-order valence-electron chi connectivity index (χ1n) is 7.08. The Kier molecular flexibility index (Phi) is 4.65. The van der Waals surface area contributed by atoms with E-state index >= 15 is 0 Å². The number of rotatable bonds is 2. The molecule has 2 aromatic carbocycles. The average molecular weight is 312 g/mol. The second kappa shape index (κ2) is 6.49. The second-order valence-corrected chi connectivity index (χ2v) is 6.01. The van der Waals surface area contributed by atoms with Crippen LogP contribution in [0.2, 0.25) is 0 Å². The van der Waals surface area contributed by atoms with Crippen molar-refractivity contribution in [3.8, 4) is 17.2 Å². The number of anilines is 1. The highest BCUT2D eigenvalue weighted by Crippen LogP contribution is 2.24. The number of hydrogen-bond acceptors (Lipinski definition) is 3. The fourth-order valence-electron chi connectivity index (χ4n) is 1.96. The molecule has 2 rings (SSSR count). The van der Waals surface area contributed by atoms with Gasteiger partial charge in [0.25, 0.3) is 0 Å². The molecule has 0 atom stereocenters. The fraction of sp³-hybridized carbons (Fsp3) is 0.222. The number of carbonyl (C=O) groups excluding carboxylic acids is 1. The molecule has 0 aliphatic carbocycles. The zero-order chi connectivity index (χ0) is 17.0. The molecule has 0 aliphatic heterocycles. The van der Waals surface area contributed by atoms with E-state index in [-0.39, 0.29) is 5.56 Å². The number of ether oxygens (including phenoxy) is 1. The Labute approximate surface area is 134 Å². The molecule has 5 heteroatoms. The average Bonchev–Trinajstić information content (AvgIpc) is 2.46. The van der Waals surface area contributed by atoms with E-state index in [0.29, 0.717) is 5.69 Å². The quantitative estimate of drug-likeness (QED) is 0.873. The highest BCUT2D eigenvalue weighted by atomic mass is 19.1. The van der Waals surface area contributed by atoms with Gasteiger partial charge < -0.3 is 4.74 Å². The zero-order valence-corrected chi connectivity index (χ0v) is 13.2. The summed E-state index contributed by atoms with van der Waals surface area (Å²) in [5, 5.41) is 11.5. The lowest BCUT2D eigenvalue weighted by Crippen LogP contribution is -2.27. The topological polar surface area (TPSA) is 62.1 Å². The molecule has 0 aliphatic rings. The fourth-order valence-corrected chi connectivity index (χ4v) is 1.96. The minimum Gasteiger partial charge on any atom is -0.444 e. The van der Waals surface area contributed by atoms with Gasteiger partial charge in [0.05, 0.1) is 5.56 Å². The number of nitrogens with zero attached hydrogens (tertiary/aromatic N) is 1. The van der Waals surface area contributed by atoms with Crippen LogP contribution in [0.25, 0.3) is 11.1 Å². The van der Waals surface area contributed by atoms with Crippen molar-refractivity contribution < 1.29 is 13.9 Å². The van der Waals surface area contributed by atoms with Gasteiger partial charge in [-0.15, -0.1) is 0 Å². The number of halogens is 1. The molecule has 1 N–H and O–H groups in total. The predicted molar refractivity (Wildman–Crippen MR) is 86.4 cm³/mol. The van der Waals surface area contributed by atoms with Crippen LogP contribution in [-0.2, 0) is 4.74 Å². The van der Waals surface area contributed by atoms with Crippen molar-refractivity contribution in [3.05, 3.63) is 53.8 Å². The molecule has 0 spiro atoms. The summed E-state index contributed by atoms with van der Waals surface area (Å²) >= 11 is 0. The summed E-state index contributed by atoms with van der Waals surface area (Å²) in [6.45, 7) is 5.37. The van der Waals surface area contributed by atoms with Crippen LogP contribution in [0.4, 0.5) is 14.9 Å². The monoisotopic (exact) mass is 312 g/mol. The van der Waals surface area contributed by atoms with Crippen molar-refractivity contribution >= 4 is 11.8 Å². The van der Waals surface area contributed by atoms with Gasteiger partial charge in [0.2, 0.25) is 0 Å².